The Morgan fingerprint density at radius 2 is 1.74 bits per heavy atom. The van der Waals surface area contributed by atoms with Crippen LogP contribution in [-0.4, -0.2) is 30.4 Å². The Morgan fingerprint density at radius 1 is 1.07 bits per heavy atom. The zero-order valence-corrected chi connectivity index (χ0v) is 16.2. The Balaban J connectivity index is 1.81. The van der Waals surface area contributed by atoms with Crippen LogP contribution in [0.2, 0.25) is 10.0 Å². The van der Waals surface area contributed by atoms with E-state index in [4.69, 9.17) is 27.9 Å². The number of carbonyl (C=O) groups is 3. The van der Waals surface area contributed by atoms with Gasteiger partial charge in [-0.25, -0.2) is 4.79 Å². The fraction of sp³-hybridized carbons (Fsp3) is 0.211. The van der Waals surface area contributed by atoms with Crippen LogP contribution in [0.4, 0.5) is 5.69 Å². The number of ether oxygens (including phenoxy) is 1. The highest BCUT2D eigenvalue weighted by Crippen LogP contribution is 2.19. The van der Waals surface area contributed by atoms with E-state index in [0.29, 0.717) is 21.3 Å². The van der Waals surface area contributed by atoms with Crippen molar-refractivity contribution in [3.05, 3.63) is 63.6 Å². The van der Waals surface area contributed by atoms with Gasteiger partial charge in [-0.15, -0.1) is 0 Å². The van der Waals surface area contributed by atoms with Gasteiger partial charge in [-0.2, -0.15) is 0 Å². The summed E-state index contributed by atoms with van der Waals surface area (Å²) in [5.41, 5.74) is 1.73. The number of hydrogen-bond donors (Lipinski definition) is 2. The third kappa shape index (κ3) is 6.27. The molecule has 2 aromatic carbocycles. The van der Waals surface area contributed by atoms with Crippen LogP contribution >= 0.6 is 23.2 Å². The van der Waals surface area contributed by atoms with Crippen molar-refractivity contribution >= 4 is 46.7 Å². The average molecular weight is 409 g/mol. The second kappa shape index (κ2) is 9.39. The normalized spacial score (nSPS) is 11.4. The lowest BCUT2D eigenvalue weighted by molar-refractivity contribution is -0.148. The van der Waals surface area contributed by atoms with Crippen LogP contribution in [-0.2, 0) is 14.3 Å². The third-order valence-corrected chi connectivity index (χ3v) is 4.27. The molecular formula is C19H18Cl2N2O4. The topological polar surface area (TPSA) is 84.5 Å². The SMILES string of the molecule is Cc1ccc(NC(=O)COC(=O)[C@H](C)NC(=O)c2ccc(Cl)cc2)cc1Cl. The molecule has 2 N–H and O–H groups in total. The van der Waals surface area contributed by atoms with E-state index < -0.39 is 30.4 Å². The molecule has 142 valence electrons. The Hall–Kier alpha value is -2.57. The van der Waals surface area contributed by atoms with Gasteiger partial charge in [-0.3, -0.25) is 9.59 Å². The molecule has 0 spiro atoms. The lowest BCUT2D eigenvalue weighted by Crippen LogP contribution is -2.40. The summed E-state index contributed by atoms with van der Waals surface area (Å²) in [6.45, 7) is 2.83. The first kappa shape index (κ1) is 20.7. The molecule has 0 saturated carbocycles. The number of amides is 2. The van der Waals surface area contributed by atoms with Crippen molar-refractivity contribution < 1.29 is 19.1 Å². The van der Waals surface area contributed by atoms with Crippen LogP contribution in [0.25, 0.3) is 0 Å². The molecule has 0 aliphatic heterocycles. The number of anilines is 1. The number of nitrogens with one attached hydrogen (secondary N) is 2. The zero-order chi connectivity index (χ0) is 20.0. The van der Waals surface area contributed by atoms with Gasteiger partial charge in [-0.1, -0.05) is 29.3 Å². The molecule has 2 rings (SSSR count). The minimum Gasteiger partial charge on any atom is -0.454 e. The summed E-state index contributed by atoms with van der Waals surface area (Å²) in [6, 6.07) is 10.4. The number of carbonyl (C=O) groups excluding carboxylic acids is 3. The van der Waals surface area contributed by atoms with Crippen molar-refractivity contribution in [2.45, 2.75) is 19.9 Å². The van der Waals surface area contributed by atoms with E-state index >= 15 is 0 Å². The van der Waals surface area contributed by atoms with Gasteiger partial charge in [0.25, 0.3) is 11.8 Å². The Bertz CT molecular complexity index is 853. The average Bonchev–Trinajstić information content (AvgIpc) is 2.63. The number of rotatable bonds is 6. The fourth-order valence-corrected chi connectivity index (χ4v) is 2.38. The van der Waals surface area contributed by atoms with E-state index in [-0.39, 0.29) is 0 Å². The summed E-state index contributed by atoms with van der Waals surface area (Å²) in [5.74, 6) is -1.69. The first-order valence-electron chi connectivity index (χ1n) is 8.05. The van der Waals surface area contributed by atoms with Crippen molar-refractivity contribution in [2.24, 2.45) is 0 Å². The molecule has 0 fully saturated rings. The predicted molar refractivity (Wildman–Crippen MR) is 104 cm³/mol. The summed E-state index contributed by atoms with van der Waals surface area (Å²) in [6.07, 6.45) is 0. The minimum absolute atomic E-state index is 0.355. The van der Waals surface area contributed by atoms with Gasteiger partial charge >= 0.3 is 5.97 Å². The second-order valence-corrected chi connectivity index (χ2v) is 6.67. The number of esters is 1. The molecule has 0 aliphatic carbocycles. The standard InChI is InChI=1S/C19H18Cl2N2O4/c1-11-3-8-15(9-16(11)21)23-17(24)10-27-19(26)12(2)22-18(25)13-4-6-14(20)7-5-13/h3-9,12H,10H2,1-2H3,(H,22,25)(H,23,24)/t12-/m0/s1. The van der Waals surface area contributed by atoms with Crippen LogP contribution < -0.4 is 10.6 Å². The molecule has 8 heteroatoms. The molecule has 2 aromatic rings. The number of benzene rings is 2. The molecule has 0 aromatic heterocycles. The second-order valence-electron chi connectivity index (χ2n) is 5.82. The highest BCUT2D eigenvalue weighted by Gasteiger charge is 2.19. The van der Waals surface area contributed by atoms with Crippen LogP contribution in [0, 0.1) is 6.92 Å². The number of hydrogen-bond acceptors (Lipinski definition) is 4. The van der Waals surface area contributed by atoms with Gasteiger partial charge < -0.3 is 15.4 Å². The van der Waals surface area contributed by atoms with E-state index in [1.54, 1.807) is 30.3 Å². The molecule has 6 nitrogen and oxygen atoms in total. The molecular weight excluding hydrogens is 391 g/mol. The monoisotopic (exact) mass is 408 g/mol. The molecule has 0 bridgehead atoms. The van der Waals surface area contributed by atoms with Gasteiger partial charge in [0, 0.05) is 21.3 Å². The van der Waals surface area contributed by atoms with Gasteiger partial charge in [-0.05, 0) is 55.8 Å². The third-order valence-electron chi connectivity index (χ3n) is 3.61. The largest absolute Gasteiger partial charge is 0.454 e. The summed E-state index contributed by atoms with van der Waals surface area (Å²) < 4.78 is 4.93. The van der Waals surface area contributed by atoms with E-state index in [2.05, 4.69) is 10.6 Å². The molecule has 0 unspecified atom stereocenters. The number of aryl methyl sites for hydroxylation is 1. The maximum absolute atomic E-state index is 12.1. The first-order valence-corrected chi connectivity index (χ1v) is 8.81. The Labute approximate surface area is 166 Å². The van der Waals surface area contributed by atoms with Gasteiger partial charge in [0.05, 0.1) is 0 Å². The van der Waals surface area contributed by atoms with Gasteiger partial charge in [0.15, 0.2) is 6.61 Å². The van der Waals surface area contributed by atoms with Crippen molar-refractivity contribution in [3.8, 4) is 0 Å². The smallest absolute Gasteiger partial charge is 0.328 e. The maximum Gasteiger partial charge on any atom is 0.328 e. The van der Waals surface area contributed by atoms with Crippen LogP contribution in [0.1, 0.15) is 22.8 Å². The van der Waals surface area contributed by atoms with Crippen molar-refractivity contribution in [2.75, 3.05) is 11.9 Å². The molecule has 0 heterocycles. The molecule has 2 amide bonds. The Morgan fingerprint density at radius 3 is 2.37 bits per heavy atom. The highest BCUT2D eigenvalue weighted by atomic mass is 35.5. The van der Waals surface area contributed by atoms with E-state index in [1.807, 2.05) is 6.92 Å². The summed E-state index contributed by atoms with van der Waals surface area (Å²) in [5, 5.41) is 6.09. The number of halogens is 2. The zero-order valence-electron chi connectivity index (χ0n) is 14.7. The lowest BCUT2D eigenvalue weighted by atomic mass is 10.2. The first-order chi connectivity index (χ1) is 12.8. The predicted octanol–water partition coefficient (Wildman–Crippen LogP) is 3.60. The quantitative estimate of drug-likeness (QED) is 0.714. The molecule has 1 atom stereocenters. The van der Waals surface area contributed by atoms with Crippen molar-refractivity contribution in [1.82, 2.24) is 5.32 Å². The van der Waals surface area contributed by atoms with Crippen LogP contribution in [0.15, 0.2) is 42.5 Å². The van der Waals surface area contributed by atoms with Gasteiger partial charge in [0.1, 0.15) is 6.04 Å². The molecule has 0 radical (unpaired) electrons. The summed E-state index contributed by atoms with van der Waals surface area (Å²) >= 11 is 11.8. The van der Waals surface area contributed by atoms with Crippen molar-refractivity contribution in [3.63, 3.8) is 0 Å². The molecule has 0 saturated heterocycles. The van der Waals surface area contributed by atoms with E-state index in [0.717, 1.165) is 5.56 Å². The lowest BCUT2D eigenvalue weighted by Gasteiger charge is -2.13. The summed E-state index contributed by atoms with van der Waals surface area (Å²) in [7, 11) is 0. The summed E-state index contributed by atoms with van der Waals surface area (Å²) in [4.78, 5) is 35.9. The van der Waals surface area contributed by atoms with Crippen LogP contribution in [0.3, 0.4) is 0 Å². The van der Waals surface area contributed by atoms with Crippen molar-refractivity contribution in [1.29, 1.82) is 0 Å². The van der Waals surface area contributed by atoms with Gasteiger partial charge in [0.2, 0.25) is 0 Å². The van der Waals surface area contributed by atoms with E-state index in [1.165, 1.54) is 19.1 Å². The molecule has 27 heavy (non-hydrogen) atoms. The molecule has 0 aliphatic rings. The highest BCUT2D eigenvalue weighted by molar-refractivity contribution is 6.31. The maximum atomic E-state index is 12.1. The minimum atomic E-state index is -0.921. The Kier molecular flexibility index (Phi) is 7.21. The van der Waals surface area contributed by atoms with Crippen LogP contribution in [0.5, 0.6) is 0 Å². The van der Waals surface area contributed by atoms with E-state index in [9.17, 15) is 14.4 Å². The fourth-order valence-electron chi connectivity index (χ4n) is 2.07.